The molecule has 164 valence electrons. The predicted molar refractivity (Wildman–Crippen MR) is 110 cm³/mol. The molecule has 3 rings (SSSR count). The van der Waals surface area contributed by atoms with Gasteiger partial charge in [-0.1, -0.05) is 0 Å². The van der Waals surface area contributed by atoms with Crippen molar-refractivity contribution < 1.29 is 22.4 Å². The normalized spacial score (nSPS) is 13.0. The van der Waals surface area contributed by atoms with Crippen LogP contribution >= 0.6 is 0 Å². The van der Waals surface area contributed by atoms with Crippen LogP contribution in [0.1, 0.15) is 11.4 Å². The highest BCUT2D eigenvalue weighted by Crippen LogP contribution is 2.30. The molecule has 0 aliphatic carbocycles. The highest BCUT2D eigenvalue weighted by Gasteiger charge is 2.30. The Balaban J connectivity index is 1.99. The first-order valence-corrected chi connectivity index (χ1v) is 9.10. The average Bonchev–Trinajstić information content (AvgIpc) is 3.02. The van der Waals surface area contributed by atoms with E-state index in [-0.39, 0.29) is 12.5 Å². The van der Waals surface area contributed by atoms with Crippen molar-refractivity contribution in [3.63, 3.8) is 0 Å². The summed E-state index contributed by atoms with van der Waals surface area (Å²) in [7, 11) is 1.36. The molecule has 2 aromatic carbocycles. The van der Waals surface area contributed by atoms with E-state index >= 15 is 0 Å². The van der Waals surface area contributed by atoms with Crippen LogP contribution in [0.3, 0.4) is 0 Å². The van der Waals surface area contributed by atoms with Gasteiger partial charge >= 0.3 is 6.18 Å². The van der Waals surface area contributed by atoms with Gasteiger partial charge in [-0.2, -0.15) is 18.2 Å². The Morgan fingerprint density at radius 2 is 1.94 bits per heavy atom. The summed E-state index contributed by atoms with van der Waals surface area (Å²) >= 11 is 0. The zero-order chi connectivity index (χ0) is 22.6. The average molecular weight is 436 g/mol. The quantitative estimate of drug-likeness (QED) is 0.245. The van der Waals surface area contributed by atoms with E-state index in [4.69, 9.17) is 10.6 Å². The fraction of sp³-hybridized carbons (Fsp3) is 0.200. The lowest BCUT2D eigenvalue weighted by molar-refractivity contribution is -0.137. The number of imidazole rings is 1. The molecule has 0 saturated heterocycles. The molecular weight excluding hydrogens is 416 g/mol. The summed E-state index contributed by atoms with van der Waals surface area (Å²) in [5.41, 5.74) is 8.86. The molecule has 0 fully saturated rings. The summed E-state index contributed by atoms with van der Waals surface area (Å²) in [6.07, 6.45) is -2.82. The SMILES string of the molecule is CON/C(=N\C(=C/CN)n1c(C)nc2cc(F)ccc21)Nc1ccc(C(F)(F)F)cc1. The smallest absolute Gasteiger partial charge is 0.327 e. The molecule has 0 spiro atoms. The van der Waals surface area contributed by atoms with Crippen LogP contribution in [0.15, 0.2) is 53.5 Å². The molecule has 4 N–H and O–H groups in total. The minimum atomic E-state index is -4.43. The first-order chi connectivity index (χ1) is 14.7. The topological polar surface area (TPSA) is 89.5 Å². The highest BCUT2D eigenvalue weighted by molar-refractivity contribution is 5.96. The van der Waals surface area contributed by atoms with Crippen LogP contribution in [0, 0.1) is 12.7 Å². The predicted octanol–water partition coefficient (Wildman–Crippen LogP) is 3.88. The molecule has 7 nitrogen and oxygen atoms in total. The summed E-state index contributed by atoms with van der Waals surface area (Å²) in [5.74, 6) is 0.560. The van der Waals surface area contributed by atoms with Crippen molar-refractivity contribution in [3.05, 3.63) is 65.7 Å². The summed E-state index contributed by atoms with van der Waals surface area (Å²) in [4.78, 5) is 13.7. The van der Waals surface area contributed by atoms with E-state index in [1.165, 1.54) is 31.4 Å². The summed E-state index contributed by atoms with van der Waals surface area (Å²) < 4.78 is 53.6. The van der Waals surface area contributed by atoms with Gasteiger partial charge in [-0.3, -0.25) is 9.40 Å². The molecule has 3 aromatic rings. The molecule has 0 atom stereocenters. The Bertz CT molecular complexity index is 1120. The number of hydrogen-bond donors (Lipinski definition) is 3. The van der Waals surface area contributed by atoms with Crippen LogP contribution in [0.2, 0.25) is 0 Å². The maximum absolute atomic E-state index is 13.6. The minimum absolute atomic E-state index is 0.0883. The Morgan fingerprint density at radius 1 is 1.23 bits per heavy atom. The lowest BCUT2D eigenvalue weighted by Crippen LogP contribution is -2.30. The zero-order valence-electron chi connectivity index (χ0n) is 16.7. The van der Waals surface area contributed by atoms with Gasteiger partial charge in [0, 0.05) is 18.3 Å². The van der Waals surface area contributed by atoms with Crippen LogP contribution < -0.4 is 16.5 Å². The van der Waals surface area contributed by atoms with Gasteiger partial charge in [0.15, 0.2) is 0 Å². The summed E-state index contributed by atoms with van der Waals surface area (Å²) in [5, 5.41) is 2.86. The number of anilines is 1. The molecule has 0 aliphatic rings. The van der Waals surface area contributed by atoms with Gasteiger partial charge in [0.2, 0.25) is 5.96 Å². The van der Waals surface area contributed by atoms with Gasteiger partial charge < -0.3 is 11.1 Å². The van der Waals surface area contributed by atoms with Crippen molar-refractivity contribution in [2.75, 3.05) is 19.0 Å². The summed E-state index contributed by atoms with van der Waals surface area (Å²) in [6, 6.07) is 8.61. The number of nitrogens with one attached hydrogen (secondary N) is 2. The van der Waals surface area contributed by atoms with Crippen molar-refractivity contribution >= 4 is 28.5 Å². The van der Waals surface area contributed by atoms with Gasteiger partial charge in [-0.15, -0.1) is 0 Å². The number of aryl methyl sites for hydroxylation is 1. The van der Waals surface area contributed by atoms with Crippen LogP contribution in [-0.4, -0.2) is 29.2 Å². The number of aromatic nitrogens is 2. The third-order valence-electron chi connectivity index (χ3n) is 4.21. The van der Waals surface area contributed by atoms with Crippen molar-refractivity contribution in [2.24, 2.45) is 10.7 Å². The standard InChI is InChI=1S/C20H20F4N6O/c1-12-26-16-11-14(21)5-8-17(16)30(12)18(9-10-25)28-19(29-31-2)27-15-6-3-13(4-7-15)20(22,23)24/h3-9,11H,10,25H2,1-2H3,(H2,27,28,29)/b18-9+. The van der Waals surface area contributed by atoms with Crippen molar-refractivity contribution in [2.45, 2.75) is 13.1 Å². The number of guanidine groups is 1. The maximum Gasteiger partial charge on any atom is 0.416 e. The van der Waals surface area contributed by atoms with Crippen molar-refractivity contribution in [1.82, 2.24) is 15.0 Å². The molecule has 0 aliphatic heterocycles. The number of hydrogen-bond acceptors (Lipinski definition) is 4. The second-order valence-corrected chi connectivity index (χ2v) is 6.39. The fourth-order valence-corrected chi connectivity index (χ4v) is 2.92. The highest BCUT2D eigenvalue weighted by atomic mass is 19.4. The lowest BCUT2D eigenvalue weighted by Gasteiger charge is -2.14. The van der Waals surface area contributed by atoms with Crippen LogP contribution in [-0.2, 0) is 11.0 Å². The molecule has 11 heteroatoms. The molecule has 0 amide bonds. The number of rotatable bonds is 5. The third-order valence-corrected chi connectivity index (χ3v) is 4.21. The summed E-state index contributed by atoms with van der Waals surface area (Å²) in [6.45, 7) is 1.87. The number of nitrogens with two attached hydrogens (primary N) is 1. The lowest BCUT2D eigenvalue weighted by atomic mass is 10.2. The number of aliphatic imine (C=N–C) groups is 1. The molecule has 0 radical (unpaired) electrons. The Labute approximate surface area is 175 Å². The maximum atomic E-state index is 13.6. The minimum Gasteiger partial charge on any atom is -0.327 e. The number of fused-ring (bicyclic) bond motifs is 1. The molecule has 1 aromatic heterocycles. The second-order valence-electron chi connectivity index (χ2n) is 6.39. The molecule has 0 saturated carbocycles. The van der Waals surface area contributed by atoms with E-state index < -0.39 is 17.6 Å². The number of hydroxylamine groups is 1. The van der Waals surface area contributed by atoms with E-state index in [1.807, 2.05) is 0 Å². The van der Waals surface area contributed by atoms with E-state index in [1.54, 1.807) is 23.6 Å². The van der Waals surface area contributed by atoms with Gasteiger partial charge in [-0.25, -0.2) is 14.9 Å². The van der Waals surface area contributed by atoms with Gasteiger partial charge in [0.05, 0.1) is 23.7 Å². The zero-order valence-corrected chi connectivity index (χ0v) is 16.7. The number of benzene rings is 2. The van der Waals surface area contributed by atoms with Gasteiger partial charge in [-0.05, 0) is 49.4 Å². The Morgan fingerprint density at radius 3 is 2.55 bits per heavy atom. The van der Waals surface area contributed by atoms with Crippen molar-refractivity contribution in [1.29, 1.82) is 0 Å². The number of halogens is 4. The van der Waals surface area contributed by atoms with Crippen LogP contribution in [0.25, 0.3) is 16.9 Å². The molecule has 0 unspecified atom stereocenters. The molecule has 1 heterocycles. The molecular formula is C20H20F4N6O. The van der Waals surface area contributed by atoms with E-state index in [2.05, 4.69) is 20.8 Å². The number of nitrogens with zero attached hydrogens (tertiary/aromatic N) is 3. The molecule has 31 heavy (non-hydrogen) atoms. The largest absolute Gasteiger partial charge is 0.416 e. The van der Waals surface area contributed by atoms with E-state index in [9.17, 15) is 17.6 Å². The van der Waals surface area contributed by atoms with Crippen LogP contribution in [0.5, 0.6) is 0 Å². The fourth-order valence-electron chi connectivity index (χ4n) is 2.92. The first-order valence-electron chi connectivity index (χ1n) is 9.10. The molecule has 0 bridgehead atoms. The van der Waals surface area contributed by atoms with E-state index in [0.717, 1.165) is 12.1 Å². The van der Waals surface area contributed by atoms with Crippen molar-refractivity contribution in [3.8, 4) is 0 Å². The Kier molecular flexibility index (Phi) is 6.56. The third kappa shape index (κ3) is 5.19. The monoisotopic (exact) mass is 436 g/mol. The van der Waals surface area contributed by atoms with Gasteiger partial charge in [0.1, 0.15) is 17.5 Å². The first kappa shape index (κ1) is 22.2. The number of alkyl halides is 3. The van der Waals surface area contributed by atoms with Gasteiger partial charge in [0.25, 0.3) is 0 Å². The van der Waals surface area contributed by atoms with Crippen LogP contribution in [0.4, 0.5) is 23.2 Å². The van der Waals surface area contributed by atoms with E-state index in [0.29, 0.717) is 28.4 Å². The second kappa shape index (κ2) is 9.14. The Hall–Kier alpha value is -3.44.